The third-order valence-corrected chi connectivity index (χ3v) is 15.4. The van der Waals surface area contributed by atoms with E-state index in [2.05, 4.69) is 9.97 Å². The van der Waals surface area contributed by atoms with Gasteiger partial charge in [0, 0.05) is 105 Å². The zero-order chi connectivity index (χ0) is 59.4. The number of fused-ring (bicyclic) bond motifs is 8. The minimum Gasteiger partial charge on any atom is -0.354 e. The van der Waals surface area contributed by atoms with E-state index in [0.717, 1.165) is 0 Å². The lowest BCUT2D eigenvalue weighted by Gasteiger charge is -2.23. The first-order chi connectivity index (χ1) is 38.3. The van der Waals surface area contributed by atoms with Gasteiger partial charge in [0.25, 0.3) is 47.3 Å². The summed E-state index contributed by atoms with van der Waals surface area (Å²) in [6.07, 6.45) is 0. The molecule has 80 heavy (non-hydrogen) atoms. The lowest BCUT2D eigenvalue weighted by Crippen LogP contribution is -2.35. The SMILES string of the molecule is CCN(CC)C(=O)C1=C(C(=O)N(CC)CC)c2cc3[nH]c(cc4nc(cc5[nH]c(cc1n2)c(C(=O)N(CC)CC)c5C(=O)N(CC)CC)C(C(=O)N(CC)CC)=C4C(=O)N(CC)CC)c(C(=O)N(CC)CC)c3C(=O)N(CC)CC. The maximum atomic E-state index is 15.4. The molecule has 0 aromatic carbocycles. The molecule has 0 saturated carbocycles. The smallest absolute Gasteiger partial charge is 0.256 e. The fourth-order valence-electron chi connectivity index (χ4n) is 10.6. The molecular weight excluding hydrogens is 1020 g/mol. The zero-order valence-corrected chi connectivity index (χ0v) is 50.4. The van der Waals surface area contributed by atoms with Crippen LogP contribution in [0.5, 0.6) is 0 Å². The van der Waals surface area contributed by atoms with Crippen molar-refractivity contribution >= 4 is 91.6 Å². The van der Waals surface area contributed by atoms with Crippen molar-refractivity contribution < 1.29 is 38.4 Å². The van der Waals surface area contributed by atoms with Crippen molar-refractivity contribution in [3.63, 3.8) is 0 Å². The second kappa shape index (κ2) is 28.0. The monoisotopic (exact) mass is 1100 g/mol. The molecule has 8 amide bonds. The number of hydrogen-bond donors (Lipinski definition) is 2. The number of likely N-dealkylation sites (N-methyl/N-ethyl adjacent to an activating group) is 4. The summed E-state index contributed by atoms with van der Waals surface area (Å²) in [5, 5.41) is 0. The summed E-state index contributed by atoms with van der Waals surface area (Å²) in [5.41, 5.74) is -0.362. The summed E-state index contributed by atoms with van der Waals surface area (Å²) in [6.45, 7) is 33.2. The van der Waals surface area contributed by atoms with Crippen LogP contribution in [0.4, 0.5) is 0 Å². The van der Waals surface area contributed by atoms with Gasteiger partial charge in [0.05, 0.1) is 89.4 Å². The highest BCUT2D eigenvalue weighted by Crippen LogP contribution is 2.39. The van der Waals surface area contributed by atoms with Gasteiger partial charge in [0.2, 0.25) is 0 Å². The van der Waals surface area contributed by atoms with Crippen LogP contribution in [0.15, 0.2) is 24.3 Å². The first-order valence-electron chi connectivity index (χ1n) is 29.0. The topological polar surface area (TPSA) is 220 Å². The van der Waals surface area contributed by atoms with Crippen molar-refractivity contribution in [1.29, 1.82) is 0 Å². The minimum atomic E-state index is -0.535. The molecule has 0 spiro atoms. The molecule has 0 radical (unpaired) electrons. The second-order valence-electron chi connectivity index (χ2n) is 19.1. The largest absolute Gasteiger partial charge is 0.354 e. The third-order valence-electron chi connectivity index (χ3n) is 15.4. The predicted octanol–water partition coefficient (Wildman–Crippen LogP) is 7.54. The number of hydrogen-bond acceptors (Lipinski definition) is 10. The number of aromatic amines is 2. The van der Waals surface area contributed by atoms with Gasteiger partial charge in [-0.25, -0.2) is 9.97 Å². The normalized spacial score (nSPS) is 12.1. The van der Waals surface area contributed by atoms with Gasteiger partial charge < -0.3 is 49.2 Å². The van der Waals surface area contributed by atoms with Crippen molar-refractivity contribution in [3.8, 4) is 0 Å². The first kappa shape index (κ1) is 63.2. The Morgan fingerprint density at radius 1 is 0.263 bits per heavy atom. The van der Waals surface area contributed by atoms with Crippen LogP contribution in [0.3, 0.4) is 0 Å². The molecule has 5 rings (SSSR count). The Bertz CT molecular complexity index is 2680. The lowest BCUT2D eigenvalue weighted by molar-refractivity contribution is -0.126. The number of carbonyl (C=O) groups is 8. The fourth-order valence-corrected chi connectivity index (χ4v) is 10.6. The van der Waals surface area contributed by atoms with E-state index in [1.807, 2.05) is 111 Å². The third kappa shape index (κ3) is 11.9. The van der Waals surface area contributed by atoms with Gasteiger partial charge in [-0.05, 0) is 135 Å². The van der Waals surface area contributed by atoms with E-state index in [9.17, 15) is 0 Å². The average molecular weight is 1100 g/mol. The van der Waals surface area contributed by atoms with E-state index in [4.69, 9.17) is 9.97 Å². The minimum absolute atomic E-state index is 0.0217. The maximum absolute atomic E-state index is 15.4. The molecule has 0 fully saturated rings. The summed E-state index contributed by atoms with van der Waals surface area (Å²) in [4.78, 5) is 152. The number of nitrogens with one attached hydrogen (secondary N) is 2. The fraction of sp³-hybridized carbons (Fsp3) is 0.533. The Labute approximate surface area is 472 Å². The number of amides is 8. The first-order valence-corrected chi connectivity index (χ1v) is 29.0. The van der Waals surface area contributed by atoms with Crippen molar-refractivity contribution in [1.82, 2.24) is 59.1 Å². The molecule has 20 heteroatoms. The van der Waals surface area contributed by atoms with Gasteiger partial charge in [-0.2, -0.15) is 0 Å². The highest BCUT2D eigenvalue weighted by atomic mass is 16.2. The van der Waals surface area contributed by atoms with Gasteiger partial charge in [0.15, 0.2) is 0 Å². The van der Waals surface area contributed by atoms with Crippen LogP contribution in [-0.4, -0.2) is 211 Å². The van der Waals surface area contributed by atoms with E-state index in [0.29, 0.717) is 0 Å². The highest BCUT2D eigenvalue weighted by Gasteiger charge is 2.39. The Hall–Kier alpha value is -7.64. The van der Waals surface area contributed by atoms with Crippen LogP contribution in [-0.2, 0) is 19.2 Å². The molecule has 2 N–H and O–H groups in total. The Balaban J connectivity index is 2.40. The van der Waals surface area contributed by atoms with E-state index in [1.165, 1.54) is 24.3 Å². The molecular formula is C60H86N12O8. The summed E-state index contributed by atoms with van der Waals surface area (Å²) < 4.78 is 0. The molecule has 2 aliphatic heterocycles. The zero-order valence-electron chi connectivity index (χ0n) is 50.4. The van der Waals surface area contributed by atoms with Crippen LogP contribution in [0.2, 0.25) is 0 Å². The molecule has 8 bridgehead atoms. The number of carbonyl (C=O) groups excluding carboxylic acids is 8. The maximum Gasteiger partial charge on any atom is 0.256 e. The molecule has 0 atom stereocenters. The van der Waals surface area contributed by atoms with Crippen LogP contribution in [0, 0.1) is 0 Å². The van der Waals surface area contributed by atoms with Crippen molar-refractivity contribution in [3.05, 3.63) is 69.3 Å². The van der Waals surface area contributed by atoms with Gasteiger partial charge in [0.1, 0.15) is 0 Å². The summed E-state index contributed by atoms with van der Waals surface area (Å²) in [7, 11) is 0. The number of H-pyrrole nitrogens is 2. The summed E-state index contributed by atoms with van der Waals surface area (Å²) in [5.74, 6) is -4.23. The molecule has 0 saturated heterocycles. The van der Waals surface area contributed by atoms with Gasteiger partial charge >= 0.3 is 0 Å². The second-order valence-corrected chi connectivity index (χ2v) is 19.1. The standard InChI is InChI=1S/C60H86N12O8/c1-17-65(18-2)53(73)45-37-33-39-47(55(75)67(21-5)22-6)49(57(77)69(25-9)26-10)41(62-39)35-43-51(59(79)71(29-13)30-14)52(60(80)72(31-15)32-16)44(64-43)36-42-50(58(78)70(27-11)28-12)48(56(76)68(23-7)24-8)40(63-42)34-38(61-37)46(45)54(74)66(19-3)20-4/h33-36,61,64H,17-32H2,1-16H3. The molecule has 3 aromatic rings. The Morgan fingerprint density at radius 2 is 0.400 bits per heavy atom. The van der Waals surface area contributed by atoms with Gasteiger partial charge in [-0.15, -0.1) is 0 Å². The van der Waals surface area contributed by atoms with E-state index in [-0.39, 0.29) is 194 Å². The number of rotatable bonds is 24. The van der Waals surface area contributed by atoms with Crippen molar-refractivity contribution in [2.75, 3.05) is 105 Å². The van der Waals surface area contributed by atoms with Crippen LogP contribution < -0.4 is 0 Å². The van der Waals surface area contributed by atoms with Gasteiger partial charge in [-0.3, -0.25) is 38.4 Å². The molecule has 2 aliphatic rings. The van der Waals surface area contributed by atoms with Crippen molar-refractivity contribution in [2.24, 2.45) is 0 Å². The quantitative estimate of drug-likeness (QED) is 0.0898. The molecule has 5 heterocycles. The molecule has 0 aliphatic carbocycles. The molecule has 3 aromatic heterocycles. The van der Waals surface area contributed by atoms with Crippen LogP contribution in [0.1, 0.15) is 175 Å². The molecule has 0 unspecified atom stereocenters. The molecule has 20 nitrogen and oxygen atoms in total. The predicted molar refractivity (Wildman–Crippen MR) is 315 cm³/mol. The van der Waals surface area contributed by atoms with Gasteiger partial charge in [-0.1, -0.05) is 0 Å². The summed E-state index contributed by atoms with van der Waals surface area (Å²) >= 11 is 0. The van der Waals surface area contributed by atoms with Crippen molar-refractivity contribution in [2.45, 2.75) is 111 Å². The Kier molecular flexibility index (Phi) is 22.1. The highest BCUT2D eigenvalue weighted by molar-refractivity contribution is 6.41. The Morgan fingerprint density at radius 3 is 0.537 bits per heavy atom. The van der Waals surface area contributed by atoms with E-state index in [1.54, 1.807) is 39.2 Å². The van der Waals surface area contributed by atoms with E-state index < -0.39 is 47.3 Å². The van der Waals surface area contributed by atoms with Crippen LogP contribution in [0.25, 0.3) is 44.4 Å². The molecule has 434 valence electrons. The van der Waals surface area contributed by atoms with Crippen LogP contribution >= 0.6 is 0 Å². The lowest BCUT2D eigenvalue weighted by atomic mass is 9.99. The average Bonchev–Trinajstić information content (AvgIpc) is 4.21. The number of aromatic nitrogens is 4. The summed E-state index contributed by atoms with van der Waals surface area (Å²) in [6, 6.07) is 5.99. The number of nitrogens with zero attached hydrogens (tertiary/aromatic N) is 10. The van der Waals surface area contributed by atoms with E-state index >= 15 is 38.4 Å².